The van der Waals surface area contributed by atoms with Gasteiger partial charge < -0.3 is 10.0 Å². The Hall–Kier alpha value is 0.270. The molecule has 0 radical (unpaired) electrons. The molecule has 0 amide bonds. The van der Waals surface area contributed by atoms with Crippen LogP contribution in [-0.2, 0) is 0 Å². The lowest BCUT2D eigenvalue weighted by Gasteiger charge is -2.22. The molecule has 0 spiro atoms. The van der Waals surface area contributed by atoms with E-state index < -0.39 is 0 Å². The monoisotopic (exact) mass is 177 g/mol. The fourth-order valence-corrected chi connectivity index (χ4v) is 1.68. The van der Waals surface area contributed by atoms with Gasteiger partial charge in [-0.25, -0.2) is 0 Å². The summed E-state index contributed by atoms with van der Waals surface area (Å²) >= 11 is 1.89. The van der Waals surface area contributed by atoms with Gasteiger partial charge in [-0.3, -0.25) is 0 Å². The highest BCUT2D eigenvalue weighted by atomic mass is 32.2. The van der Waals surface area contributed by atoms with Crippen LogP contribution in [-0.4, -0.2) is 47.8 Å². The second kappa shape index (κ2) is 5.86. The van der Waals surface area contributed by atoms with Gasteiger partial charge in [0, 0.05) is 11.8 Å². The van der Waals surface area contributed by atoms with Gasteiger partial charge in [0.25, 0.3) is 0 Å². The molecule has 0 rings (SSSR count). The lowest BCUT2D eigenvalue weighted by molar-refractivity contribution is 0.185. The van der Waals surface area contributed by atoms with Gasteiger partial charge in [-0.2, -0.15) is 11.8 Å². The van der Waals surface area contributed by atoms with Crippen molar-refractivity contribution in [3.8, 4) is 0 Å². The molecule has 0 aromatic heterocycles. The van der Waals surface area contributed by atoms with Crippen molar-refractivity contribution in [2.75, 3.05) is 26.5 Å². The Morgan fingerprint density at radius 3 is 2.18 bits per heavy atom. The Bertz CT molecular complexity index is 96.1. The summed E-state index contributed by atoms with van der Waals surface area (Å²) in [7, 11) is 4.00. The van der Waals surface area contributed by atoms with Gasteiger partial charge in [0.05, 0.1) is 6.61 Å². The third-order valence-corrected chi connectivity index (χ3v) is 2.81. The molecule has 0 aromatic carbocycles. The number of hydrogen-bond acceptors (Lipinski definition) is 3. The quantitative estimate of drug-likeness (QED) is 0.679. The van der Waals surface area contributed by atoms with Crippen molar-refractivity contribution in [1.29, 1.82) is 0 Å². The second-order valence-electron chi connectivity index (χ2n) is 3.18. The highest BCUT2D eigenvalue weighted by Crippen LogP contribution is 2.12. The van der Waals surface area contributed by atoms with E-state index in [4.69, 9.17) is 5.11 Å². The molecule has 2 nitrogen and oxygen atoms in total. The van der Waals surface area contributed by atoms with Crippen LogP contribution >= 0.6 is 11.8 Å². The minimum Gasteiger partial charge on any atom is -0.395 e. The molecule has 0 saturated carbocycles. The number of likely N-dealkylation sites (N-methyl/N-ethyl adjacent to an activating group) is 1. The van der Waals surface area contributed by atoms with Crippen LogP contribution in [0.2, 0.25) is 0 Å². The van der Waals surface area contributed by atoms with Crippen LogP contribution in [0.25, 0.3) is 0 Å². The smallest absolute Gasteiger partial charge is 0.0594 e. The number of nitrogens with zero attached hydrogens (tertiary/aromatic N) is 1. The van der Waals surface area contributed by atoms with Crippen LogP contribution in [0.3, 0.4) is 0 Å². The summed E-state index contributed by atoms with van der Waals surface area (Å²) in [6, 6.07) is 0.308. The molecule has 3 heteroatoms. The first-order valence-electron chi connectivity index (χ1n) is 3.96. The van der Waals surface area contributed by atoms with Crippen molar-refractivity contribution in [1.82, 2.24) is 4.90 Å². The van der Waals surface area contributed by atoms with Crippen LogP contribution in [0, 0.1) is 0 Å². The summed E-state index contributed by atoms with van der Waals surface area (Å²) in [5, 5.41) is 9.61. The van der Waals surface area contributed by atoms with Crippen LogP contribution in [0.4, 0.5) is 0 Å². The van der Waals surface area contributed by atoms with E-state index in [0.717, 1.165) is 5.75 Å². The van der Waals surface area contributed by atoms with Crippen LogP contribution in [0.5, 0.6) is 0 Å². The summed E-state index contributed by atoms with van der Waals surface area (Å²) < 4.78 is 0. The van der Waals surface area contributed by atoms with Crippen LogP contribution in [0.15, 0.2) is 0 Å². The van der Waals surface area contributed by atoms with E-state index in [-0.39, 0.29) is 6.61 Å². The summed E-state index contributed by atoms with van der Waals surface area (Å²) in [4.78, 5) is 2.06. The average Bonchev–Trinajstić information content (AvgIpc) is 1.87. The van der Waals surface area contributed by atoms with Gasteiger partial charge in [0.1, 0.15) is 0 Å². The number of aliphatic hydroxyl groups excluding tert-OH is 1. The average molecular weight is 177 g/mol. The number of hydrogen-bond donors (Lipinski definition) is 1. The zero-order valence-corrected chi connectivity index (χ0v) is 8.69. The molecule has 0 bridgehead atoms. The van der Waals surface area contributed by atoms with Crippen LogP contribution < -0.4 is 0 Å². The standard InChI is InChI=1S/C8H19NOS/c1-7(2)11-6-8(5-10)9(3)4/h7-8,10H,5-6H2,1-4H3/t8-/m1/s1. The maximum atomic E-state index is 8.95. The van der Waals surface area contributed by atoms with Crippen molar-refractivity contribution < 1.29 is 5.11 Å². The van der Waals surface area contributed by atoms with Crippen LogP contribution in [0.1, 0.15) is 13.8 Å². The molecule has 0 aromatic rings. The number of rotatable bonds is 5. The topological polar surface area (TPSA) is 23.5 Å². The molecule has 0 aliphatic carbocycles. The fraction of sp³-hybridized carbons (Fsp3) is 1.00. The van der Waals surface area contributed by atoms with Gasteiger partial charge in [-0.15, -0.1) is 0 Å². The molecular formula is C8H19NOS. The predicted molar refractivity (Wildman–Crippen MR) is 52.2 cm³/mol. The van der Waals surface area contributed by atoms with Gasteiger partial charge in [-0.1, -0.05) is 13.8 Å². The minimum atomic E-state index is 0.257. The molecular weight excluding hydrogens is 158 g/mol. The molecule has 0 heterocycles. The molecule has 1 atom stereocenters. The first-order chi connectivity index (χ1) is 5.07. The van der Waals surface area contributed by atoms with Gasteiger partial charge >= 0.3 is 0 Å². The Morgan fingerprint density at radius 1 is 1.36 bits per heavy atom. The van der Waals surface area contributed by atoms with Crippen molar-refractivity contribution in [3.63, 3.8) is 0 Å². The van der Waals surface area contributed by atoms with E-state index in [1.807, 2.05) is 25.9 Å². The Balaban J connectivity index is 3.52. The normalized spacial score (nSPS) is 14.5. The third-order valence-electron chi connectivity index (χ3n) is 1.56. The number of thioether (sulfide) groups is 1. The van der Waals surface area contributed by atoms with E-state index >= 15 is 0 Å². The molecule has 0 fully saturated rings. The maximum Gasteiger partial charge on any atom is 0.0594 e. The largest absolute Gasteiger partial charge is 0.395 e. The van der Waals surface area contributed by atoms with E-state index in [1.165, 1.54) is 0 Å². The Kier molecular flexibility index (Phi) is 6.01. The van der Waals surface area contributed by atoms with Crippen molar-refractivity contribution in [2.24, 2.45) is 0 Å². The molecule has 0 aliphatic heterocycles. The van der Waals surface area contributed by atoms with Crippen molar-refractivity contribution in [3.05, 3.63) is 0 Å². The fourth-order valence-electron chi connectivity index (χ4n) is 0.669. The van der Waals surface area contributed by atoms with Crippen molar-refractivity contribution in [2.45, 2.75) is 25.1 Å². The SMILES string of the molecule is CC(C)SC[C@@H](CO)N(C)C. The van der Waals surface area contributed by atoms with Crippen molar-refractivity contribution >= 4 is 11.8 Å². The first kappa shape index (κ1) is 11.3. The molecule has 1 N–H and O–H groups in total. The lowest BCUT2D eigenvalue weighted by atomic mass is 10.3. The molecule has 0 saturated heterocycles. The summed E-state index contributed by atoms with van der Waals surface area (Å²) in [6.45, 7) is 4.61. The van der Waals surface area contributed by atoms with Gasteiger partial charge in [0.2, 0.25) is 0 Å². The zero-order chi connectivity index (χ0) is 8.85. The van der Waals surface area contributed by atoms with E-state index in [1.54, 1.807) is 0 Å². The van der Waals surface area contributed by atoms with E-state index in [9.17, 15) is 0 Å². The molecule has 11 heavy (non-hydrogen) atoms. The minimum absolute atomic E-state index is 0.257. The highest BCUT2D eigenvalue weighted by molar-refractivity contribution is 7.99. The lowest BCUT2D eigenvalue weighted by Crippen LogP contribution is -2.33. The highest BCUT2D eigenvalue weighted by Gasteiger charge is 2.09. The predicted octanol–water partition coefficient (Wildman–Crippen LogP) is 1.05. The molecule has 0 unspecified atom stereocenters. The second-order valence-corrected chi connectivity index (χ2v) is 4.79. The Morgan fingerprint density at radius 2 is 1.91 bits per heavy atom. The van der Waals surface area contributed by atoms with E-state index in [0.29, 0.717) is 11.3 Å². The maximum absolute atomic E-state index is 8.95. The summed E-state index contributed by atoms with van der Waals surface area (Å²) in [5.74, 6) is 1.02. The zero-order valence-electron chi connectivity index (χ0n) is 7.87. The molecule has 0 aliphatic rings. The third kappa shape index (κ3) is 5.53. The summed E-state index contributed by atoms with van der Waals surface area (Å²) in [6.07, 6.45) is 0. The molecule has 68 valence electrons. The van der Waals surface area contributed by atoms with Gasteiger partial charge in [-0.05, 0) is 19.3 Å². The first-order valence-corrected chi connectivity index (χ1v) is 5.01. The van der Waals surface area contributed by atoms with Gasteiger partial charge in [0.15, 0.2) is 0 Å². The summed E-state index contributed by atoms with van der Waals surface area (Å²) in [5.41, 5.74) is 0. The van der Waals surface area contributed by atoms with E-state index in [2.05, 4.69) is 18.7 Å². The Labute approximate surface area is 74.0 Å². The number of aliphatic hydroxyl groups is 1.